The van der Waals surface area contributed by atoms with Crippen molar-refractivity contribution in [3.8, 4) is 0 Å². The van der Waals surface area contributed by atoms with E-state index in [1.165, 1.54) is 11.3 Å². The van der Waals surface area contributed by atoms with E-state index in [0.29, 0.717) is 10.3 Å². The Morgan fingerprint density at radius 3 is 2.91 bits per heavy atom. The van der Waals surface area contributed by atoms with Gasteiger partial charge in [-0.25, -0.2) is 13.8 Å². The van der Waals surface area contributed by atoms with Crippen molar-refractivity contribution in [3.63, 3.8) is 0 Å². The van der Waals surface area contributed by atoms with E-state index in [-0.39, 0.29) is 6.54 Å². The van der Waals surface area contributed by atoms with Crippen molar-refractivity contribution in [2.45, 2.75) is 6.43 Å². The summed E-state index contributed by atoms with van der Waals surface area (Å²) in [6, 6.07) is 0. The number of alkyl halides is 2. The van der Waals surface area contributed by atoms with Crippen LogP contribution in [0.4, 0.5) is 13.9 Å². The largest absolute Gasteiger partial charge is 0.356 e. The first kappa shape index (κ1) is 8.67. The molecule has 1 N–H and O–H groups in total. The quantitative estimate of drug-likeness (QED) is 0.807. The molecule has 0 bridgehead atoms. The zero-order chi connectivity index (χ0) is 8.27. The van der Waals surface area contributed by atoms with E-state index < -0.39 is 6.43 Å². The first-order valence-electron chi connectivity index (χ1n) is 2.81. The molecular weight excluding hydrogens is 194 g/mol. The minimum atomic E-state index is -2.36. The molecular formula is C5H5ClF2N2S. The third-order valence-corrected chi connectivity index (χ3v) is 2.01. The molecule has 0 aliphatic heterocycles. The second-order valence-electron chi connectivity index (χ2n) is 1.75. The molecule has 0 amide bonds. The predicted octanol–water partition coefficient (Wildman–Crippen LogP) is 2.47. The van der Waals surface area contributed by atoms with Gasteiger partial charge >= 0.3 is 0 Å². The monoisotopic (exact) mass is 198 g/mol. The number of nitrogens with one attached hydrogen (secondary N) is 1. The van der Waals surface area contributed by atoms with Gasteiger partial charge in [0.05, 0.1) is 6.54 Å². The summed E-state index contributed by atoms with van der Waals surface area (Å²) in [5.41, 5.74) is 0. The minimum Gasteiger partial charge on any atom is -0.356 e. The van der Waals surface area contributed by atoms with Crippen molar-refractivity contribution in [1.82, 2.24) is 4.98 Å². The Bertz CT molecular complexity index is 228. The lowest BCUT2D eigenvalue weighted by Crippen LogP contribution is -2.09. The topological polar surface area (TPSA) is 24.9 Å². The second kappa shape index (κ2) is 3.82. The number of rotatable bonds is 3. The van der Waals surface area contributed by atoms with Crippen molar-refractivity contribution in [1.29, 1.82) is 0 Å². The molecule has 0 saturated carbocycles. The second-order valence-corrected chi connectivity index (χ2v) is 2.99. The van der Waals surface area contributed by atoms with Gasteiger partial charge in [-0.15, -0.1) is 11.3 Å². The normalized spacial score (nSPS) is 10.5. The van der Waals surface area contributed by atoms with Gasteiger partial charge in [-0.2, -0.15) is 0 Å². The highest BCUT2D eigenvalue weighted by Gasteiger charge is 2.03. The number of anilines is 1. The maximum atomic E-state index is 11.6. The Morgan fingerprint density at radius 1 is 1.73 bits per heavy atom. The van der Waals surface area contributed by atoms with Crippen LogP contribution in [0.15, 0.2) is 5.38 Å². The van der Waals surface area contributed by atoms with Crippen molar-refractivity contribution in [2.75, 3.05) is 11.9 Å². The molecule has 0 unspecified atom stereocenters. The number of hydrogen-bond acceptors (Lipinski definition) is 3. The molecule has 0 atom stereocenters. The molecule has 0 aliphatic carbocycles. The first-order valence-corrected chi connectivity index (χ1v) is 4.07. The Balaban J connectivity index is 2.39. The van der Waals surface area contributed by atoms with Gasteiger partial charge in [-0.1, -0.05) is 11.6 Å². The predicted molar refractivity (Wildman–Crippen MR) is 41.6 cm³/mol. The van der Waals surface area contributed by atoms with E-state index in [0.717, 1.165) is 0 Å². The lowest BCUT2D eigenvalue weighted by molar-refractivity contribution is 0.163. The molecule has 1 aromatic heterocycles. The molecule has 0 saturated heterocycles. The molecule has 0 aliphatic rings. The maximum absolute atomic E-state index is 11.6. The average Bonchev–Trinajstić information content (AvgIpc) is 2.31. The van der Waals surface area contributed by atoms with Crippen molar-refractivity contribution < 1.29 is 8.78 Å². The highest BCUT2D eigenvalue weighted by atomic mass is 35.5. The first-order chi connectivity index (χ1) is 5.18. The van der Waals surface area contributed by atoms with Crippen LogP contribution in [-0.2, 0) is 0 Å². The van der Waals surface area contributed by atoms with Gasteiger partial charge in [0.2, 0.25) is 0 Å². The summed E-state index contributed by atoms with van der Waals surface area (Å²) < 4.78 is 23.2. The minimum absolute atomic E-state index is 0.326. The number of aromatic nitrogens is 1. The number of hydrogen-bond donors (Lipinski definition) is 1. The lowest BCUT2D eigenvalue weighted by atomic mass is 10.7. The Kier molecular flexibility index (Phi) is 3.02. The van der Waals surface area contributed by atoms with Crippen molar-refractivity contribution >= 4 is 28.1 Å². The molecule has 0 aromatic carbocycles. The summed E-state index contributed by atoms with van der Waals surface area (Å²) in [5.74, 6) is 0. The standard InChI is InChI=1S/C5H5ClF2N2S/c6-3-2-11-5(10-3)9-1-4(7)8/h2,4H,1H2,(H,9,10). The fraction of sp³-hybridized carbons (Fsp3) is 0.400. The van der Waals surface area contributed by atoms with Gasteiger partial charge in [0, 0.05) is 5.38 Å². The van der Waals surface area contributed by atoms with Crippen LogP contribution in [0.5, 0.6) is 0 Å². The van der Waals surface area contributed by atoms with E-state index in [9.17, 15) is 8.78 Å². The lowest BCUT2D eigenvalue weighted by Gasteiger charge is -1.98. The zero-order valence-electron chi connectivity index (χ0n) is 5.35. The van der Waals surface area contributed by atoms with Crippen LogP contribution in [0.2, 0.25) is 5.15 Å². The van der Waals surface area contributed by atoms with E-state index in [2.05, 4.69) is 10.3 Å². The van der Waals surface area contributed by atoms with E-state index in [4.69, 9.17) is 11.6 Å². The molecule has 6 heteroatoms. The number of halogens is 3. The average molecular weight is 199 g/mol. The fourth-order valence-corrected chi connectivity index (χ4v) is 1.35. The summed E-state index contributed by atoms with van der Waals surface area (Å²) in [6.45, 7) is -0.385. The SMILES string of the molecule is FC(F)CNc1nc(Cl)cs1. The number of nitrogens with zero attached hydrogens (tertiary/aromatic N) is 1. The molecule has 1 heterocycles. The third kappa shape index (κ3) is 2.98. The zero-order valence-corrected chi connectivity index (χ0v) is 6.92. The Labute approximate surface area is 71.2 Å². The maximum Gasteiger partial charge on any atom is 0.255 e. The van der Waals surface area contributed by atoms with Gasteiger partial charge in [0.1, 0.15) is 5.15 Å². The number of thiazole rings is 1. The highest BCUT2D eigenvalue weighted by molar-refractivity contribution is 7.14. The van der Waals surface area contributed by atoms with Crippen molar-refractivity contribution in [3.05, 3.63) is 10.5 Å². The molecule has 2 nitrogen and oxygen atoms in total. The molecule has 62 valence electrons. The third-order valence-electron chi connectivity index (χ3n) is 0.884. The molecule has 0 spiro atoms. The summed E-state index contributed by atoms with van der Waals surface area (Å²) in [6.07, 6.45) is -2.36. The summed E-state index contributed by atoms with van der Waals surface area (Å²) >= 11 is 6.65. The molecule has 1 aromatic rings. The smallest absolute Gasteiger partial charge is 0.255 e. The van der Waals surface area contributed by atoms with Crippen molar-refractivity contribution in [2.24, 2.45) is 0 Å². The van der Waals surface area contributed by atoms with E-state index >= 15 is 0 Å². The van der Waals surface area contributed by atoms with Crippen LogP contribution in [-0.4, -0.2) is 18.0 Å². The highest BCUT2D eigenvalue weighted by Crippen LogP contribution is 2.18. The molecule has 0 fully saturated rings. The fourth-order valence-electron chi connectivity index (χ4n) is 0.500. The molecule has 11 heavy (non-hydrogen) atoms. The van der Waals surface area contributed by atoms with Gasteiger partial charge in [-0.3, -0.25) is 0 Å². The summed E-state index contributed by atoms with van der Waals surface area (Å²) in [4.78, 5) is 3.72. The Hall–Kier alpha value is -0.420. The van der Waals surface area contributed by atoms with Gasteiger partial charge < -0.3 is 5.32 Å². The Morgan fingerprint density at radius 2 is 2.45 bits per heavy atom. The van der Waals surface area contributed by atoms with Crippen LogP contribution >= 0.6 is 22.9 Å². The van der Waals surface area contributed by atoms with Gasteiger partial charge in [0.25, 0.3) is 6.43 Å². The molecule has 0 radical (unpaired) electrons. The van der Waals surface area contributed by atoms with E-state index in [1.54, 1.807) is 5.38 Å². The van der Waals surface area contributed by atoms with Crippen LogP contribution < -0.4 is 5.32 Å². The summed E-state index contributed by atoms with van der Waals surface area (Å²) in [7, 11) is 0. The van der Waals surface area contributed by atoms with Crippen LogP contribution in [0.1, 0.15) is 0 Å². The van der Waals surface area contributed by atoms with Crippen LogP contribution in [0, 0.1) is 0 Å². The van der Waals surface area contributed by atoms with Gasteiger partial charge in [-0.05, 0) is 0 Å². The summed E-state index contributed by atoms with van der Waals surface area (Å²) in [5, 5.41) is 4.77. The molecule has 1 rings (SSSR count). The van der Waals surface area contributed by atoms with Gasteiger partial charge in [0.15, 0.2) is 5.13 Å². The van der Waals surface area contributed by atoms with Crippen LogP contribution in [0.25, 0.3) is 0 Å². The van der Waals surface area contributed by atoms with E-state index in [1.807, 2.05) is 0 Å². The van der Waals surface area contributed by atoms with Crippen LogP contribution in [0.3, 0.4) is 0 Å².